The third kappa shape index (κ3) is 4.10. The van der Waals surface area contributed by atoms with Crippen LogP contribution in [0.1, 0.15) is 37.3 Å². The van der Waals surface area contributed by atoms with Gasteiger partial charge in [0, 0.05) is 6.07 Å². The summed E-state index contributed by atoms with van der Waals surface area (Å²) in [6, 6.07) is 2.10. The summed E-state index contributed by atoms with van der Waals surface area (Å²) in [5, 5.41) is 15.5. The van der Waals surface area contributed by atoms with Crippen LogP contribution < -0.4 is 5.32 Å². The number of nitrogens with zero attached hydrogens (tertiary/aromatic N) is 4. The standard InChI is InChI=1S/C14H19N5O2S2/c1-3-22-14-17-16-13(23-14)15-12(20)8-19-6-4-5-11(19)10-7-9(2)21-18-10/h7,11H,3-6,8H2,1-2H3,(H,15,16,20)/t11-/m1/s1. The van der Waals surface area contributed by atoms with Crippen LogP contribution >= 0.6 is 23.1 Å². The smallest absolute Gasteiger partial charge is 0.240 e. The monoisotopic (exact) mass is 353 g/mol. The summed E-state index contributed by atoms with van der Waals surface area (Å²) in [7, 11) is 0. The van der Waals surface area contributed by atoms with Crippen LogP contribution in [0.3, 0.4) is 0 Å². The Hall–Kier alpha value is -1.45. The highest BCUT2D eigenvalue weighted by atomic mass is 32.2. The van der Waals surface area contributed by atoms with Gasteiger partial charge in [0.1, 0.15) is 11.5 Å². The number of thioether (sulfide) groups is 1. The second-order valence-electron chi connectivity index (χ2n) is 5.35. The Labute approximate surface area is 142 Å². The van der Waals surface area contributed by atoms with Crippen molar-refractivity contribution in [3.8, 4) is 0 Å². The minimum absolute atomic E-state index is 0.0682. The van der Waals surface area contributed by atoms with Gasteiger partial charge < -0.3 is 4.52 Å². The highest BCUT2D eigenvalue weighted by Gasteiger charge is 2.30. The number of rotatable bonds is 6. The van der Waals surface area contributed by atoms with E-state index < -0.39 is 0 Å². The van der Waals surface area contributed by atoms with Crippen LogP contribution in [-0.2, 0) is 4.79 Å². The summed E-state index contributed by atoms with van der Waals surface area (Å²) in [6.07, 6.45) is 2.05. The highest BCUT2D eigenvalue weighted by molar-refractivity contribution is 8.01. The van der Waals surface area contributed by atoms with Crippen molar-refractivity contribution in [3.05, 3.63) is 17.5 Å². The summed E-state index contributed by atoms with van der Waals surface area (Å²) < 4.78 is 6.03. The van der Waals surface area contributed by atoms with Crippen molar-refractivity contribution < 1.29 is 9.32 Å². The zero-order chi connectivity index (χ0) is 16.2. The van der Waals surface area contributed by atoms with Crippen LogP contribution in [0.5, 0.6) is 0 Å². The summed E-state index contributed by atoms with van der Waals surface area (Å²) in [5.41, 5.74) is 0.908. The lowest BCUT2D eigenvalue weighted by Crippen LogP contribution is -2.33. The molecule has 0 unspecified atom stereocenters. The Balaban J connectivity index is 1.58. The second-order valence-corrected chi connectivity index (χ2v) is 7.83. The third-order valence-electron chi connectivity index (χ3n) is 3.62. The van der Waals surface area contributed by atoms with Gasteiger partial charge in [-0.3, -0.25) is 15.0 Å². The van der Waals surface area contributed by atoms with E-state index in [0.717, 1.165) is 40.9 Å². The Morgan fingerprint density at radius 3 is 3.17 bits per heavy atom. The van der Waals surface area contributed by atoms with E-state index in [1.807, 2.05) is 13.0 Å². The van der Waals surface area contributed by atoms with Crippen molar-refractivity contribution in [1.29, 1.82) is 0 Å². The molecule has 1 aliphatic rings. The van der Waals surface area contributed by atoms with E-state index in [1.54, 1.807) is 11.8 Å². The number of hydrogen-bond donors (Lipinski definition) is 1. The van der Waals surface area contributed by atoms with Crippen LogP contribution in [-0.4, -0.2) is 45.0 Å². The molecule has 23 heavy (non-hydrogen) atoms. The van der Waals surface area contributed by atoms with Crippen LogP contribution in [0.2, 0.25) is 0 Å². The van der Waals surface area contributed by atoms with E-state index >= 15 is 0 Å². The largest absolute Gasteiger partial charge is 0.361 e. The fourth-order valence-electron chi connectivity index (χ4n) is 2.68. The van der Waals surface area contributed by atoms with Gasteiger partial charge in [0.2, 0.25) is 11.0 Å². The molecule has 2 aromatic heterocycles. The van der Waals surface area contributed by atoms with Crippen molar-refractivity contribution in [2.24, 2.45) is 0 Å². The van der Waals surface area contributed by atoms with Crippen LogP contribution in [0.25, 0.3) is 0 Å². The molecule has 3 rings (SSSR count). The average molecular weight is 353 g/mol. The number of carbonyl (C=O) groups is 1. The molecule has 0 radical (unpaired) electrons. The molecule has 1 fully saturated rings. The van der Waals surface area contributed by atoms with Crippen molar-refractivity contribution in [1.82, 2.24) is 20.3 Å². The molecule has 0 aliphatic carbocycles. The molecule has 0 saturated carbocycles. The maximum atomic E-state index is 12.3. The molecule has 0 bridgehead atoms. The molecular weight excluding hydrogens is 334 g/mol. The van der Waals surface area contributed by atoms with Gasteiger partial charge >= 0.3 is 0 Å². The van der Waals surface area contributed by atoms with Gasteiger partial charge in [-0.05, 0) is 32.1 Å². The molecule has 7 nitrogen and oxygen atoms in total. The van der Waals surface area contributed by atoms with Gasteiger partial charge in [-0.15, -0.1) is 10.2 Å². The molecule has 0 spiro atoms. The first-order valence-corrected chi connectivity index (χ1v) is 9.39. The van der Waals surface area contributed by atoms with E-state index in [1.165, 1.54) is 11.3 Å². The number of carbonyl (C=O) groups excluding carboxylic acids is 1. The quantitative estimate of drug-likeness (QED) is 0.631. The summed E-state index contributed by atoms with van der Waals surface area (Å²) in [4.78, 5) is 14.4. The first-order valence-electron chi connectivity index (χ1n) is 7.59. The predicted octanol–water partition coefficient (Wildman–Crippen LogP) is 2.72. The van der Waals surface area contributed by atoms with E-state index in [4.69, 9.17) is 4.52 Å². The minimum Gasteiger partial charge on any atom is -0.361 e. The number of likely N-dealkylation sites (tertiary alicyclic amines) is 1. The Kier molecular flexibility index (Phi) is 5.29. The van der Waals surface area contributed by atoms with Crippen LogP contribution in [0.4, 0.5) is 5.13 Å². The first kappa shape index (κ1) is 16.4. The van der Waals surface area contributed by atoms with Crippen molar-refractivity contribution in [3.63, 3.8) is 0 Å². The summed E-state index contributed by atoms with van der Waals surface area (Å²) >= 11 is 3.03. The lowest BCUT2D eigenvalue weighted by Gasteiger charge is -2.21. The third-order valence-corrected chi connectivity index (χ3v) is 5.47. The Morgan fingerprint density at radius 2 is 2.43 bits per heavy atom. The minimum atomic E-state index is -0.0682. The molecule has 1 saturated heterocycles. The van der Waals surface area contributed by atoms with E-state index in [2.05, 4.69) is 32.5 Å². The number of hydrogen-bond acceptors (Lipinski definition) is 8. The zero-order valence-electron chi connectivity index (χ0n) is 13.1. The van der Waals surface area contributed by atoms with E-state index in [0.29, 0.717) is 11.7 Å². The van der Waals surface area contributed by atoms with Gasteiger partial charge in [0.15, 0.2) is 4.34 Å². The summed E-state index contributed by atoms with van der Waals surface area (Å²) in [5.74, 6) is 1.67. The Bertz CT molecular complexity index is 672. The molecule has 1 atom stereocenters. The number of anilines is 1. The maximum absolute atomic E-state index is 12.3. The van der Waals surface area contributed by atoms with E-state index in [9.17, 15) is 4.79 Å². The molecule has 2 aromatic rings. The molecule has 1 N–H and O–H groups in total. The van der Waals surface area contributed by atoms with Crippen LogP contribution in [0.15, 0.2) is 14.9 Å². The molecule has 0 aromatic carbocycles. The maximum Gasteiger partial charge on any atom is 0.240 e. The molecule has 1 amide bonds. The van der Waals surface area contributed by atoms with Gasteiger partial charge in [-0.1, -0.05) is 35.2 Å². The van der Waals surface area contributed by atoms with Crippen LogP contribution in [0, 0.1) is 6.92 Å². The van der Waals surface area contributed by atoms with E-state index in [-0.39, 0.29) is 11.9 Å². The number of aromatic nitrogens is 3. The molecular formula is C14H19N5O2S2. The Morgan fingerprint density at radius 1 is 1.57 bits per heavy atom. The zero-order valence-corrected chi connectivity index (χ0v) is 14.7. The molecule has 124 valence electrons. The lowest BCUT2D eigenvalue weighted by atomic mass is 10.1. The van der Waals surface area contributed by atoms with Crippen molar-refractivity contribution >= 4 is 34.1 Å². The molecule has 1 aliphatic heterocycles. The fraction of sp³-hybridized carbons (Fsp3) is 0.571. The van der Waals surface area contributed by atoms with Gasteiger partial charge in [-0.25, -0.2) is 0 Å². The predicted molar refractivity (Wildman–Crippen MR) is 89.7 cm³/mol. The average Bonchev–Trinajstić information content (AvgIpc) is 3.21. The number of nitrogens with one attached hydrogen (secondary N) is 1. The first-order chi connectivity index (χ1) is 11.2. The summed E-state index contributed by atoms with van der Waals surface area (Å²) in [6.45, 7) is 5.15. The van der Waals surface area contributed by atoms with Gasteiger partial charge in [0.25, 0.3) is 0 Å². The van der Waals surface area contributed by atoms with Gasteiger partial charge in [-0.2, -0.15) is 0 Å². The van der Waals surface area contributed by atoms with Crippen molar-refractivity contribution in [2.75, 3.05) is 24.2 Å². The normalized spacial score (nSPS) is 18.4. The number of amides is 1. The SMILES string of the molecule is CCSc1nnc(NC(=O)CN2CCC[C@@H]2c2cc(C)on2)s1. The highest BCUT2D eigenvalue weighted by Crippen LogP contribution is 2.31. The van der Waals surface area contributed by atoms with Gasteiger partial charge in [0.05, 0.1) is 12.6 Å². The topological polar surface area (TPSA) is 84.2 Å². The van der Waals surface area contributed by atoms with Crippen molar-refractivity contribution in [2.45, 2.75) is 37.1 Å². The molecule has 3 heterocycles. The number of aryl methyl sites for hydroxylation is 1. The second kappa shape index (κ2) is 7.41. The molecule has 9 heteroatoms. The lowest BCUT2D eigenvalue weighted by molar-refractivity contribution is -0.117. The fourth-order valence-corrected chi connectivity index (χ4v) is 4.34.